The molecular weight excluding hydrogens is 456 g/mol. The number of carbonyl (C=O) groups excluding carboxylic acids is 1. The van der Waals surface area contributed by atoms with E-state index < -0.39 is 5.41 Å². The van der Waals surface area contributed by atoms with Crippen LogP contribution < -0.4 is 15.8 Å². The molecule has 1 fully saturated rings. The number of aromatic nitrogens is 4. The fraction of sp³-hybridized carbons (Fsp3) is 0.222. The molecule has 0 saturated carbocycles. The lowest BCUT2D eigenvalue weighted by molar-refractivity contribution is -0.125. The van der Waals surface area contributed by atoms with Gasteiger partial charge in [0.1, 0.15) is 11.6 Å². The summed E-state index contributed by atoms with van der Waals surface area (Å²) in [6.45, 7) is 1.02. The third-order valence-corrected chi connectivity index (χ3v) is 6.51. The second-order valence-electron chi connectivity index (χ2n) is 8.60. The first-order valence-corrected chi connectivity index (χ1v) is 11.6. The molecule has 1 aliphatic rings. The SMILES string of the molecule is COc1cncc(-c2ccc(NC(=O)C3(c4ccc(-c5cnc(N)nc5)cc4)CCOCC3)nc2)c1. The number of methoxy groups -OCH3 is 1. The molecule has 1 saturated heterocycles. The minimum atomic E-state index is -0.717. The molecule has 9 nitrogen and oxygen atoms in total. The molecule has 0 aliphatic carbocycles. The maximum atomic E-state index is 13.7. The zero-order valence-corrected chi connectivity index (χ0v) is 19.8. The number of pyridine rings is 2. The summed E-state index contributed by atoms with van der Waals surface area (Å²) in [5.41, 5.74) is 9.38. The number of ether oxygens (including phenoxy) is 2. The maximum Gasteiger partial charge on any atom is 0.236 e. The summed E-state index contributed by atoms with van der Waals surface area (Å²) >= 11 is 0. The zero-order chi connectivity index (χ0) is 25.0. The van der Waals surface area contributed by atoms with Crippen molar-refractivity contribution in [2.75, 3.05) is 31.4 Å². The van der Waals surface area contributed by atoms with E-state index in [1.54, 1.807) is 44.2 Å². The van der Waals surface area contributed by atoms with Crippen molar-refractivity contribution >= 4 is 17.7 Å². The second kappa shape index (κ2) is 10.1. The van der Waals surface area contributed by atoms with Crippen molar-refractivity contribution in [1.82, 2.24) is 19.9 Å². The van der Waals surface area contributed by atoms with Gasteiger partial charge in [0.05, 0.1) is 18.7 Å². The van der Waals surface area contributed by atoms with Crippen molar-refractivity contribution in [3.8, 4) is 28.0 Å². The van der Waals surface area contributed by atoms with Gasteiger partial charge in [-0.25, -0.2) is 15.0 Å². The van der Waals surface area contributed by atoms with Gasteiger partial charge >= 0.3 is 0 Å². The molecule has 0 bridgehead atoms. The van der Waals surface area contributed by atoms with Crippen LogP contribution in [0.2, 0.25) is 0 Å². The number of carbonyl (C=O) groups is 1. The zero-order valence-electron chi connectivity index (χ0n) is 19.8. The highest BCUT2D eigenvalue weighted by Gasteiger charge is 2.42. The number of nitrogens with zero attached hydrogens (tertiary/aromatic N) is 4. The summed E-state index contributed by atoms with van der Waals surface area (Å²) in [5, 5.41) is 3.02. The van der Waals surface area contributed by atoms with Crippen LogP contribution in [0.15, 0.2) is 73.4 Å². The van der Waals surface area contributed by atoms with E-state index in [4.69, 9.17) is 15.2 Å². The Morgan fingerprint density at radius 3 is 2.25 bits per heavy atom. The normalized spacial score (nSPS) is 14.7. The molecule has 3 N–H and O–H groups in total. The van der Waals surface area contributed by atoms with Crippen LogP contribution in [0.25, 0.3) is 22.3 Å². The van der Waals surface area contributed by atoms with Gasteiger partial charge in [-0.1, -0.05) is 24.3 Å². The molecule has 5 rings (SSSR count). The Bertz CT molecular complexity index is 1340. The smallest absolute Gasteiger partial charge is 0.236 e. The Morgan fingerprint density at radius 2 is 1.58 bits per heavy atom. The fourth-order valence-corrected chi connectivity index (χ4v) is 4.40. The number of nitrogens with one attached hydrogen (secondary N) is 1. The van der Waals surface area contributed by atoms with Crippen LogP contribution in [0, 0.1) is 0 Å². The fourth-order valence-electron chi connectivity index (χ4n) is 4.40. The molecule has 0 radical (unpaired) electrons. The first-order valence-electron chi connectivity index (χ1n) is 11.6. The van der Waals surface area contributed by atoms with E-state index in [1.165, 1.54) is 0 Å². The van der Waals surface area contributed by atoms with Crippen molar-refractivity contribution < 1.29 is 14.3 Å². The average molecular weight is 483 g/mol. The number of benzene rings is 1. The van der Waals surface area contributed by atoms with Gasteiger partial charge in [-0.2, -0.15) is 0 Å². The van der Waals surface area contributed by atoms with Crippen molar-refractivity contribution in [1.29, 1.82) is 0 Å². The van der Waals surface area contributed by atoms with Crippen molar-refractivity contribution in [3.05, 3.63) is 79.0 Å². The highest BCUT2D eigenvalue weighted by Crippen LogP contribution is 2.37. The van der Waals surface area contributed by atoms with Gasteiger partial charge in [0.25, 0.3) is 0 Å². The number of anilines is 2. The van der Waals surface area contributed by atoms with Crippen molar-refractivity contribution in [2.45, 2.75) is 18.3 Å². The van der Waals surface area contributed by atoms with Crippen LogP contribution >= 0.6 is 0 Å². The van der Waals surface area contributed by atoms with E-state index in [2.05, 4.69) is 25.3 Å². The third kappa shape index (κ3) is 4.73. The Labute approximate surface area is 208 Å². The number of amides is 1. The quantitative estimate of drug-likeness (QED) is 0.424. The van der Waals surface area contributed by atoms with Gasteiger partial charge in [0.15, 0.2) is 0 Å². The monoisotopic (exact) mass is 482 g/mol. The molecular formula is C27H26N6O3. The highest BCUT2D eigenvalue weighted by atomic mass is 16.5. The Kier molecular flexibility index (Phi) is 6.55. The molecule has 9 heteroatoms. The molecule has 1 aliphatic heterocycles. The lowest BCUT2D eigenvalue weighted by atomic mass is 9.73. The number of hydrogen-bond acceptors (Lipinski definition) is 8. The van der Waals surface area contributed by atoms with E-state index in [9.17, 15) is 4.79 Å². The first-order chi connectivity index (χ1) is 17.6. The summed E-state index contributed by atoms with van der Waals surface area (Å²) in [5.74, 6) is 1.29. The molecule has 36 heavy (non-hydrogen) atoms. The topological polar surface area (TPSA) is 125 Å². The van der Waals surface area contributed by atoms with Gasteiger partial charge < -0.3 is 20.5 Å². The molecule has 1 amide bonds. The molecule has 4 aromatic rings. The van der Waals surface area contributed by atoms with Gasteiger partial charge in [0, 0.05) is 54.7 Å². The van der Waals surface area contributed by atoms with Crippen LogP contribution in [0.1, 0.15) is 18.4 Å². The predicted molar refractivity (Wildman–Crippen MR) is 136 cm³/mol. The molecule has 1 aromatic carbocycles. The molecule has 0 spiro atoms. The summed E-state index contributed by atoms with van der Waals surface area (Å²) in [6, 6.07) is 13.5. The summed E-state index contributed by atoms with van der Waals surface area (Å²) in [4.78, 5) is 30.4. The molecule has 3 aromatic heterocycles. The van der Waals surface area contributed by atoms with Gasteiger partial charge in [0.2, 0.25) is 11.9 Å². The molecule has 4 heterocycles. The average Bonchev–Trinajstić information content (AvgIpc) is 2.94. The van der Waals surface area contributed by atoms with Crippen LogP contribution in [-0.2, 0) is 14.9 Å². The van der Waals surface area contributed by atoms with Crippen LogP contribution in [0.3, 0.4) is 0 Å². The van der Waals surface area contributed by atoms with Gasteiger partial charge in [-0.15, -0.1) is 0 Å². The highest BCUT2D eigenvalue weighted by molar-refractivity contribution is 5.99. The minimum Gasteiger partial charge on any atom is -0.495 e. The Morgan fingerprint density at radius 1 is 0.889 bits per heavy atom. The Hall–Kier alpha value is -4.37. The van der Waals surface area contributed by atoms with Crippen LogP contribution in [0.4, 0.5) is 11.8 Å². The minimum absolute atomic E-state index is 0.0994. The first kappa shape index (κ1) is 23.4. The lowest BCUT2D eigenvalue weighted by Crippen LogP contribution is -2.45. The van der Waals surface area contributed by atoms with Gasteiger partial charge in [-0.05, 0) is 42.2 Å². The van der Waals surface area contributed by atoms with Gasteiger partial charge in [-0.3, -0.25) is 9.78 Å². The number of nitrogens with two attached hydrogens (primary N) is 1. The lowest BCUT2D eigenvalue weighted by Gasteiger charge is -2.36. The summed E-state index contributed by atoms with van der Waals surface area (Å²) < 4.78 is 10.8. The number of rotatable bonds is 6. The largest absolute Gasteiger partial charge is 0.495 e. The van der Waals surface area contributed by atoms with E-state index in [0.29, 0.717) is 37.6 Å². The van der Waals surface area contributed by atoms with Crippen LogP contribution in [0.5, 0.6) is 5.75 Å². The summed E-state index contributed by atoms with van der Waals surface area (Å²) in [6.07, 6.45) is 9.64. The van der Waals surface area contributed by atoms with E-state index in [0.717, 1.165) is 27.8 Å². The standard InChI is InChI=1S/C27H26N6O3/c1-35-23-12-20(13-29-17-23)19-4-7-24(30-14-19)33-25(34)27(8-10-36-11-9-27)22-5-2-18(3-6-22)21-15-31-26(28)32-16-21/h2-7,12-17H,8-11H2,1H3,(H2,28,31,32)(H,30,33,34). The predicted octanol–water partition coefficient (Wildman–Crippen LogP) is 3.88. The maximum absolute atomic E-state index is 13.7. The molecule has 182 valence electrons. The number of nitrogen functional groups attached to an aromatic ring is 1. The summed E-state index contributed by atoms with van der Waals surface area (Å²) in [7, 11) is 1.60. The van der Waals surface area contributed by atoms with Crippen molar-refractivity contribution in [3.63, 3.8) is 0 Å². The van der Waals surface area contributed by atoms with Crippen molar-refractivity contribution in [2.24, 2.45) is 0 Å². The van der Waals surface area contributed by atoms with E-state index in [-0.39, 0.29) is 11.9 Å². The second-order valence-corrected chi connectivity index (χ2v) is 8.60. The third-order valence-electron chi connectivity index (χ3n) is 6.51. The Balaban J connectivity index is 1.37. The number of hydrogen-bond donors (Lipinski definition) is 2. The molecule has 0 atom stereocenters. The molecule has 0 unspecified atom stereocenters. The van der Waals surface area contributed by atoms with Crippen LogP contribution in [-0.4, -0.2) is 46.2 Å². The van der Waals surface area contributed by atoms with E-state index >= 15 is 0 Å². The van der Waals surface area contributed by atoms with E-state index in [1.807, 2.05) is 36.4 Å².